The minimum Gasteiger partial charge on any atom is -0.495 e. The molecule has 0 unspecified atom stereocenters. The van der Waals surface area contributed by atoms with Crippen LogP contribution in [-0.2, 0) is 4.79 Å². The van der Waals surface area contributed by atoms with Crippen LogP contribution in [0, 0.1) is 12.3 Å². The van der Waals surface area contributed by atoms with E-state index in [1.165, 1.54) is 0 Å². The van der Waals surface area contributed by atoms with Gasteiger partial charge in [-0.2, -0.15) is 0 Å². The fourth-order valence-corrected chi connectivity index (χ4v) is 3.70. The van der Waals surface area contributed by atoms with Gasteiger partial charge < -0.3 is 9.64 Å². The maximum Gasteiger partial charge on any atom is 0.241 e. The zero-order valence-corrected chi connectivity index (χ0v) is 17.0. The van der Waals surface area contributed by atoms with Crippen molar-refractivity contribution in [2.45, 2.75) is 33.6 Å². The van der Waals surface area contributed by atoms with Crippen LogP contribution in [0.3, 0.4) is 0 Å². The molecule has 0 radical (unpaired) electrons. The maximum atomic E-state index is 13.6. The van der Waals surface area contributed by atoms with Crippen molar-refractivity contribution in [1.82, 2.24) is 0 Å². The lowest BCUT2D eigenvalue weighted by atomic mass is 9.75. The van der Waals surface area contributed by atoms with Crippen molar-refractivity contribution in [3.63, 3.8) is 0 Å². The first kappa shape index (κ1) is 19.9. The molecule has 1 aliphatic heterocycles. The number of para-hydroxylation sites is 2. The van der Waals surface area contributed by atoms with E-state index < -0.39 is 5.41 Å². The minimum atomic E-state index is -1.08. The predicted octanol–water partition coefficient (Wildman–Crippen LogP) is 4.97. The van der Waals surface area contributed by atoms with Gasteiger partial charge >= 0.3 is 0 Å². The highest BCUT2D eigenvalue weighted by Crippen LogP contribution is 2.43. The second-order valence-electron chi connectivity index (χ2n) is 7.64. The van der Waals surface area contributed by atoms with Crippen LogP contribution >= 0.6 is 0 Å². The van der Waals surface area contributed by atoms with Gasteiger partial charge in [0.25, 0.3) is 0 Å². The highest BCUT2D eigenvalue weighted by atomic mass is 16.5. The van der Waals surface area contributed by atoms with Crippen molar-refractivity contribution < 1.29 is 14.3 Å². The molecule has 0 bridgehead atoms. The summed E-state index contributed by atoms with van der Waals surface area (Å²) in [4.78, 5) is 28.8. The van der Waals surface area contributed by atoms with E-state index in [4.69, 9.17) is 4.74 Å². The monoisotopic (exact) mass is 377 g/mol. The van der Waals surface area contributed by atoms with Crippen LogP contribution in [0.15, 0.2) is 60.2 Å². The smallest absolute Gasteiger partial charge is 0.241 e. The highest BCUT2D eigenvalue weighted by molar-refractivity contribution is 6.20. The molecule has 3 rings (SSSR count). The zero-order valence-electron chi connectivity index (χ0n) is 17.0. The van der Waals surface area contributed by atoms with Gasteiger partial charge in [-0.1, -0.05) is 53.6 Å². The molecular weight excluding hydrogens is 350 g/mol. The van der Waals surface area contributed by atoms with Gasteiger partial charge in [0.15, 0.2) is 5.78 Å². The number of carbonyl (C=O) groups is 2. The molecule has 0 saturated carbocycles. The summed E-state index contributed by atoms with van der Waals surface area (Å²) in [6, 6.07) is 14.9. The number of ketones is 1. The van der Waals surface area contributed by atoms with E-state index in [1.54, 1.807) is 12.0 Å². The summed E-state index contributed by atoms with van der Waals surface area (Å²) in [6.07, 6.45) is 2.89. The molecule has 1 fully saturated rings. The van der Waals surface area contributed by atoms with Crippen molar-refractivity contribution in [2.75, 3.05) is 18.6 Å². The van der Waals surface area contributed by atoms with E-state index in [-0.39, 0.29) is 11.7 Å². The molecule has 1 atom stereocenters. The molecule has 0 aromatic heterocycles. The predicted molar refractivity (Wildman–Crippen MR) is 112 cm³/mol. The number of anilines is 1. The number of benzene rings is 2. The van der Waals surface area contributed by atoms with Crippen molar-refractivity contribution in [3.05, 3.63) is 71.3 Å². The summed E-state index contributed by atoms with van der Waals surface area (Å²) >= 11 is 0. The van der Waals surface area contributed by atoms with E-state index in [2.05, 4.69) is 0 Å². The Labute approximate surface area is 166 Å². The Hall–Kier alpha value is -2.88. The third kappa shape index (κ3) is 3.59. The number of hydrogen-bond donors (Lipinski definition) is 0. The molecular formula is C24H27NO3. The number of nitrogens with zero attached hydrogens (tertiary/aromatic N) is 1. The Morgan fingerprint density at radius 3 is 2.46 bits per heavy atom. The van der Waals surface area contributed by atoms with E-state index in [0.717, 1.165) is 11.1 Å². The van der Waals surface area contributed by atoms with Crippen LogP contribution in [0.1, 0.15) is 42.6 Å². The lowest BCUT2D eigenvalue weighted by molar-refractivity contribution is -0.123. The van der Waals surface area contributed by atoms with Crippen LogP contribution < -0.4 is 9.64 Å². The molecule has 2 aromatic rings. The average Bonchev–Trinajstić information content (AvgIpc) is 3.03. The third-order valence-electron chi connectivity index (χ3n) is 5.40. The SMILES string of the molecule is COc1ccccc1N1CC[C@@](CC=C(C)C)(C(=O)c2ccc(C)cc2)C1=O. The molecule has 0 N–H and O–H groups in total. The molecule has 1 aliphatic rings. The summed E-state index contributed by atoms with van der Waals surface area (Å²) < 4.78 is 5.44. The molecule has 4 heteroatoms. The fraction of sp³-hybridized carbons (Fsp3) is 0.333. The number of amides is 1. The van der Waals surface area contributed by atoms with Crippen LogP contribution in [0.2, 0.25) is 0 Å². The molecule has 2 aromatic carbocycles. The number of allylic oxidation sites excluding steroid dienone is 2. The van der Waals surface area contributed by atoms with Gasteiger partial charge in [0.1, 0.15) is 11.2 Å². The largest absolute Gasteiger partial charge is 0.495 e. The second-order valence-corrected chi connectivity index (χ2v) is 7.64. The Morgan fingerprint density at radius 2 is 1.82 bits per heavy atom. The molecule has 0 aliphatic carbocycles. The first-order valence-electron chi connectivity index (χ1n) is 9.59. The number of methoxy groups -OCH3 is 1. The molecule has 0 spiro atoms. The number of carbonyl (C=O) groups excluding carboxylic acids is 2. The van der Waals surface area contributed by atoms with Gasteiger partial charge in [0, 0.05) is 12.1 Å². The van der Waals surface area contributed by atoms with Crippen molar-refractivity contribution >= 4 is 17.4 Å². The molecule has 28 heavy (non-hydrogen) atoms. The lowest BCUT2D eigenvalue weighted by Crippen LogP contribution is -2.40. The van der Waals surface area contributed by atoms with Crippen molar-refractivity contribution in [2.24, 2.45) is 5.41 Å². The van der Waals surface area contributed by atoms with E-state index >= 15 is 0 Å². The van der Waals surface area contributed by atoms with Gasteiger partial charge in [0.05, 0.1) is 12.8 Å². The number of aryl methyl sites for hydroxylation is 1. The molecule has 146 valence electrons. The number of ether oxygens (including phenoxy) is 1. The van der Waals surface area contributed by atoms with Gasteiger partial charge in [0.2, 0.25) is 5.91 Å². The Morgan fingerprint density at radius 1 is 1.14 bits per heavy atom. The van der Waals surface area contributed by atoms with Crippen LogP contribution in [0.4, 0.5) is 5.69 Å². The fourth-order valence-electron chi connectivity index (χ4n) is 3.70. The summed E-state index contributed by atoms with van der Waals surface area (Å²) in [5.74, 6) is 0.379. The van der Waals surface area contributed by atoms with Crippen molar-refractivity contribution in [3.8, 4) is 5.75 Å². The average molecular weight is 377 g/mol. The Bertz CT molecular complexity index is 910. The van der Waals surface area contributed by atoms with E-state index in [1.807, 2.05) is 75.4 Å². The molecule has 1 saturated heterocycles. The van der Waals surface area contributed by atoms with E-state index in [9.17, 15) is 9.59 Å². The Balaban J connectivity index is 2.03. The van der Waals surface area contributed by atoms with Gasteiger partial charge in [-0.3, -0.25) is 9.59 Å². The topological polar surface area (TPSA) is 46.6 Å². The van der Waals surface area contributed by atoms with E-state index in [0.29, 0.717) is 36.4 Å². The maximum absolute atomic E-state index is 13.6. The summed E-state index contributed by atoms with van der Waals surface area (Å²) in [5, 5.41) is 0. The van der Waals surface area contributed by atoms with Crippen molar-refractivity contribution in [1.29, 1.82) is 0 Å². The van der Waals surface area contributed by atoms with Gasteiger partial charge in [-0.25, -0.2) is 0 Å². The summed E-state index contributed by atoms with van der Waals surface area (Å²) in [6.45, 7) is 6.45. The normalized spacial score (nSPS) is 18.9. The first-order valence-corrected chi connectivity index (χ1v) is 9.59. The van der Waals surface area contributed by atoms with Crippen LogP contribution in [0.5, 0.6) is 5.75 Å². The summed E-state index contributed by atoms with van der Waals surface area (Å²) in [5.41, 5.74) is 2.41. The number of Topliss-reactive ketones (excluding diaryl/α,β-unsaturated/α-hetero) is 1. The van der Waals surface area contributed by atoms with Crippen LogP contribution in [-0.4, -0.2) is 25.3 Å². The number of hydrogen-bond acceptors (Lipinski definition) is 3. The lowest BCUT2D eigenvalue weighted by Gasteiger charge is -2.26. The zero-order chi connectivity index (χ0) is 20.3. The standard InChI is InChI=1S/C24H27NO3/c1-17(2)13-14-24(22(26)19-11-9-18(3)10-12-19)15-16-25(23(24)27)20-7-5-6-8-21(20)28-4/h5-13H,14-16H2,1-4H3/t24-/m0/s1. The van der Waals surface area contributed by atoms with Crippen LogP contribution in [0.25, 0.3) is 0 Å². The second kappa shape index (κ2) is 8.01. The molecule has 1 heterocycles. The quantitative estimate of drug-likeness (QED) is 0.406. The summed E-state index contributed by atoms with van der Waals surface area (Å²) in [7, 11) is 1.59. The number of rotatable bonds is 6. The highest BCUT2D eigenvalue weighted by Gasteiger charge is 2.52. The van der Waals surface area contributed by atoms with Gasteiger partial charge in [-0.05, 0) is 45.7 Å². The first-order chi connectivity index (χ1) is 13.4. The molecule has 4 nitrogen and oxygen atoms in total. The molecule has 1 amide bonds. The minimum absolute atomic E-state index is 0.104. The third-order valence-corrected chi connectivity index (χ3v) is 5.40. The Kier molecular flexibility index (Phi) is 5.68. The van der Waals surface area contributed by atoms with Gasteiger partial charge in [-0.15, -0.1) is 0 Å².